The quantitative estimate of drug-likeness (QED) is 0.489. The Labute approximate surface area is 210 Å². The molecule has 1 saturated heterocycles. The third kappa shape index (κ3) is 6.16. The van der Waals surface area contributed by atoms with Gasteiger partial charge in [-0.15, -0.1) is 0 Å². The van der Waals surface area contributed by atoms with Gasteiger partial charge in [0, 0.05) is 31.2 Å². The summed E-state index contributed by atoms with van der Waals surface area (Å²) in [6, 6.07) is 8.08. The molecule has 1 aliphatic heterocycles. The van der Waals surface area contributed by atoms with Gasteiger partial charge in [0.2, 0.25) is 0 Å². The Morgan fingerprint density at radius 3 is 2.60 bits per heavy atom. The number of aliphatic hydroxyl groups excluding tert-OH is 1. The molecule has 35 heavy (non-hydrogen) atoms. The maximum atomic E-state index is 11.2. The fourth-order valence-corrected chi connectivity index (χ4v) is 5.74. The number of methoxy groups -OCH3 is 1. The van der Waals surface area contributed by atoms with Crippen LogP contribution < -0.4 is 9.47 Å². The van der Waals surface area contributed by atoms with Crippen molar-refractivity contribution in [2.24, 2.45) is 5.92 Å². The molecular formula is C29H41NO5. The molecule has 4 rings (SSSR count). The number of benzene rings is 1. The molecule has 0 amide bonds. The van der Waals surface area contributed by atoms with Crippen LogP contribution in [0.1, 0.15) is 88.2 Å². The van der Waals surface area contributed by atoms with Crippen LogP contribution in [-0.2, 0) is 9.47 Å². The molecule has 1 spiro atoms. The topological polar surface area (TPSA) is 70.0 Å². The maximum Gasteiger partial charge on any atom is 0.137 e. The fraction of sp³-hybridized carbons (Fsp3) is 0.621. The highest BCUT2D eigenvalue weighted by molar-refractivity contribution is 5.37. The van der Waals surface area contributed by atoms with Gasteiger partial charge in [-0.3, -0.25) is 4.98 Å². The number of ether oxygens (including phenoxy) is 4. The van der Waals surface area contributed by atoms with E-state index in [1.54, 1.807) is 13.3 Å². The van der Waals surface area contributed by atoms with Gasteiger partial charge >= 0.3 is 0 Å². The summed E-state index contributed by atoms with van der Waals surface area (Å²) >= 11 is 0. The highest BCUT2D eigenvalue weighted by atomic mass is 16.5. The van der Waals surface area contributed by atoms with Gasteiger partial charge in [0.25, 0.3) is 0 Å². The van der Waals surface area contributed by atoms with Gasteiger partial charge in [0.15, 0.2) is 0 Å². The zero-order valence-corrected chi connectivity index (χ0v) is 21.8. The monoisotopic (exact) mass is 483 g/mol. The van der Waals surface area contributed by atoms with Crippen molar-refractivity contribution in [3.8, 4) is 11.5 Å². The summed E-state index contributed by atoms with van der Waals surface area (Å²) < 4.78 is 24.2. The average Bonchev–Trinajstić information content (AvgIpc) is 2.85. The molecule has 2 heterocycles. The lowest BCUT2D eigenvalue weighted by Gasteiger charge is -2.48. The van der Waals surface area contributed by atoms with Crippen LogP contribution in [0.5, 0.6) is 11.5 Å². The van der Waals surface area contributed by atoms with E-state index in [1.807, 2.05) is 45.2 Å². The van der Waals surface area contributed by atoms with E-state index in [0.29, 0.717) is 6.61 Å². The standard InChI is InChI=1S/C29H41NO5/c1-6-33-24-15-27(23-14-25(32-5)18-30-17-23)35-29(16-24)11-9-21(10-12-29)28(31)22-7-8-26(20(4)13-22)34-19(2)3/h7-8,13-14,17-19,21,24,27-28,31H,6,9-12,15-16H2,1-5H3. The van der Waals surface area contributed by atoms with Gasteiger partial charge in [0.1, 0.15) is 11.5 Å². The van der Waals surface area contributed by atoms with Crippen molar-refractivity contribution in [2.75, 3.05) is 13.7 Å². The van der Waals surface area contributed by atoms with Crippen molar-refractivity contribution < 1.29 is 24.1 Å². The van der Waals surface area contributed by atoms with Gasteiger partial charge in [0.05, 0.1) is 43.3 Å². The first kappa shape index (κ1) is 25.9. The van der Waals surface area contributed by atoms with Crippen LogP contribution in [0.25, 0.3) is 0 Å². The molecule has 1 aliphatic carbocycles. The summed E-state index contributed by atoms with van der Waals surface area (Å²) in [6.07, 6.45) is 8.73. The highest BCUT2D eigenvalue weighted by Gasteiger charge is 2.45. The lowest BCUT2D eigenvalue weighted by atomic mass is 9.71. The Balaban J connectivity index is 1.45. The Hall–Kier alpha value is -2.15. The van der Waals surface area contributed by atoms with Gasteiger partial charge in [-0.2, -0.15) is 0 Å². The first-order valence-corrected chi connectivity index (χ1v) is 13.1. The number of rotatable bonds is 8. The van der Waals surface area contributed by atoms with E-state index in [9.17, 15) is 5.11 Å². The molecule has 1 aromatic carbocycles. The molecule has 3 atom stereocenters. The van der Waals surface area contributed by atoms with Crippen LogP contribution in [0.15, 0.2) is 36.7 Å². The number of pyridine rings is 1. The number of aliphatic hydroxyl groups is 1. The number of nitrogens with zero attached hydrogens (tertiary/aromatic N) is 1. The molecule has 1 aromatic heterocycles. The first-order valence-electron chi connectivity index (χ1n) is 13.1. The van der Waals surface area contributed by atoms with Gasteiger partial charge in [-0.25, -0.2) is 0 Å². The molecule has 1 saturated carbocycles. The molecule has 6 nitrogen and oxygen atoms in total. The van der Waals surface area contributed by atoms with Crippen molar-refractivity contribution in [1.29, 1.82) is 0 Å². The van der Waals surface area contributed by atoms with E-state index in [4.69, 9.17) is 18.9 Å². The zero-order valence-electron chi connectivity index (χ0n) is 21.8. The summed E-state index contributed by atoms with van der Waals surface area (Å²) in [5, 5.41) is 11.2. The van der Waals surface area contributed by atoms with Crippen molar-refractivity contribution in [3.63, 3.8) is 0 Å². The average molecular weight is 484 g/mol. The van der Waals surface area contributed by atoms with Crippen LogP contribution in [-0.4, -0.2) is 41.6 Å². The molecule has 0 radical (unpaired) electrons. The van der Waals surface area contributed by atoms with E-state index >= 15 is 0 Å². The van der Waals surface area contributed by atoms with Crippen molar-refractivity contribution >= 4 is 0 Å². The number of aryl methyl sites for hydroxylation is 1. The molecule has 2 fully saturated rings. The van der Waals surface area contributed by atoms with Crippen molar-refractivity contribution in [3.05, 3.63) is 53.3 Å². The van der Waals surface area contributed by atoms with Crippen molar-refractivity contribution in [2.45, 2.75) is 96.2 Å². The summed E-state index contributed by atoms with van der Waals surface area (Å²) in [4.78, 5) is 4.35. The lowest BCUT2D eigenvalue weighted by molar-refractivity contribution is -0.194. The molecule has 192 valence electrons. The minimum atomic E-state index is -0.483. The van der Waals surface area contributed by atoms with Crippen LogP contribution in [0, 0.1) is 12.8 Å². The fourth-order valence-electron chi connectivity index (χ4n) is 5.74. The van der Waals surface area contributed by atoms with E-state index in [1.165, 1.54) is 0 Å². The maximum absolute atomic E-state index is 11.2. The summed E-state index contributed by atoms with van der Waals surface area (Å²) in [5.41, 5.74) is 2.84. The predicted molar refractivity (Wildman–Crippen MR) is 136 cm³/mol. The Kier molecular flexibility index (Phi) is 8.35. The molecule has 0 bridgehead atoms. The Bertz CT molecular complexity index is 969. The molecule has 3 unspecified atom stereocenters. The second-order valence-electron chi connectivity index (χ2n) is 10.4. The largest absolute Gasteiger partial charge is 0.495 e. The first-order chi connectivity index (χ1) is 16.8. The SMILES string of the molecule is CCOC1CC(c2cncc(OC)c2)OC2(CCC(C(O)c3ccc(OC(C)C)c(C)c3)CC2)C1. The number of hydrogen-bond donors (Lipinski definition) is 1. The second kappa shape index (κ2) is 11.3. The van der Waals surface area contributed by atoms with Crippen LogP contribution >= 0.6 is 0 Å². The van der Waals surface area contributed by atoms with Crippen LogP contribution in [0.2, 0.25) is 0 Å². The third-order valence-corrected chi connectivity index (χ3v) is 7.50. The zero-order chi connectivity index (χ0) is 25.0. The van der Waals surface area contributed by atoms with E-state index in [0.717, 1.165) is 66.7 Å². The van der Waals surface area contributed by atoms with Crippen molar-refractivity contribution in [1.82, 2.24) is 4.98 Å². The Morgan fingerprint density at radius 1 is 1.17 bits per heavy atom. The van der Waals surface area contributed by atoms with E-state index < -0.39 is 6.10 Å². The third-order valence-electron chi connectivity index (χ3n) is 7.50. The minimum Gasteiger partial charge on any atom is -0.495 e. The molecule has 2 aliphatic rings. The van der Waals surface area contributed by atoms with Crippen LogP contribution in [0.3, 0.4) is 0 Å². The predicted octanol–water partition coefficient (Wildman–Crippen LogP) is 6.11. The lowest BCUT2D eigenvalue weighted by Crippen LogP contribution is -2.46. The van der Waals surface area contributed by atoms with Crippen LogP contribution in [0.4, 0.5) is 0 Å². The Morgan fingerprint density at radius 2 is 1.94 bits per heavy atom. The van der Waals surface area contributed by atoms with E-state index in [-0.39, 0.29) is 29.8 Å². The summed E-state index contributed by atoms with van der Waals surface area (Å²) in [7, 11) is 1.66. The van der Waals surface area contributed by atoms with Gasteiger partial charge in [-0.05, 0) is 88.6 Å². The molecule has 1 N–H and O–H groups in total. The number of hydrogen-bond acceptors (Lipinski definition) is 6. The minimum absolute atomic E-state index is 0.0690. The summed E-state index contributed by atoms with van der Waals surface area (Å²) in [5.74, 6) is 1.84. The summed E-state index contributed by atoms with van der Waals surface area (Å²) in [6.45, 7) is 8.84. The van der Waals surface area contributed by atoms with Gasteiger partial charge < -0.3 is 24.1 Å². The molecule has 2 aromatic rings. The molecule has 6 heteroatoms. The second-order valence-corrected chi connectivity index (χ2v) is 10.4. The smallest absolute Gasteiger partial charge is 0.137 e. The van der Waals surface area contributed by atoms with E-state index in [2.05, 4.69) is 18.0 Å². The normalized spacial score (nSPS) is 27.7. The number of aromatic nitrogens is 1. The van der Waals surface area contributed by atoms with Gasteiger partial charge in [-0.1, -0.05) is 6.07 Å². The molecular weight excluding hydrogens is 442 g/mol. The highest BCUT2D eigenvalue weighted by Crippen LogP contribution is 2.49.